The highest BCUT2D eigenvalue weighted by Crippen LogP contribution is 2.15. The summed E-state index contributed by atoms with van der Waals surface area (Å²) in [5.74, 6) is -0.920. The van der Waals surface area contributed by atoms with Crippen LogP contribution in [0.2, 0.25) is 5.02 Å². The van der Waals surface area contributed by atoms with Gasteiger partial charge in [0.1, 0.15) is 5.82 Å². The zero-order chi connectivity index (χ0) is 12.3. The Labute approximate surface area is 102 Å². The molecule has 1 heterocycles. The highest BCUT2D eigenvalue weighted by Gasteiger charge is 2.00. The van der Waals surface area contributed by atoms with E-state index >= 15 is 0 Å². The fourth-order valence-corrected chi connectivity index (χ4v) is 1.64. The minimum absolute atomic E-state index is 0.346. The van der Waals surface area contributed by atoms with Crippen LogP contribution in [0.4, 0.5) is 14.5 Å². The SMILES string of the molecule is Fc1cc(Cl)cc(CNc2ccc(F)nc2)c1. The van der Waals surface area contributed by atoms with E-state index in [0.29, 0.717) is 22.8 Å². The molecule has 5 heteroatoms. The molecule has 0 amide bonds. The Balaban J connectivity index is 2.04. The summed E-state index contributed by atoms with van der Waals surface area (Å²) in [4.78, 5) is 3.50. The largest absolute Gasteiger partial charge is 0.380 e. The lowest BCUT2D eigenvalue weighted by atomic mass is 10.2. The Bertz CT molecular complexity index is 494. The van der Waals surface area contributed by atoms with Crippen molar-refractivity contribution in [1.82, 2.24) is 4.98 Å². The van der Waals surface area contributed by atoms with Crippen molar-refractivity contribution in [1.29, 1.82) is 0 Å². The number of anilines is 1. The molecule has 0 saturated heterocycles. The van der Waals surface area contributed by atoms with Gasteiger partial charge >= 0.3 is 0 Å². The number of hydrogen-bond donors (Lipinski definition) is 1. The van der Waals surface area contributed by atoms with E-state index in [1.807, 2.05) is 0 Å². The van der Waals surface area contributed by atoms with E-state index in [2.05, 4.69) is 10.3 Å². The average Bonchev–Trinajstić information content (AvgIpc) is 2.27. The van der Waals surface area contributed by atoms with Crippen LogP contribution in [0.1, 0.15) is 5.56 Å². The number of benzene rings is 1. The topological polar surface area (TPSA) is 24.9 Å². The van der Waals surface area contributed by atoms with Crippen LogP contribution in [0.15, 0.2) is 36.5 Å². The van der Waals surface area contributed by atoms with Crippen LogP contribution in [0.3, 0.4) is 0 Å². The Hall–Kier alpha value is -1.68. The fraction of sp³-hybridized carbons (Fsp3) is 0.0833. The van der Waals surface area contributed by atoms with Gasteiger partial charge in [0.2, 0.25) is 5.95 Å². The quantitative estimate of drug-likeness (QED) is 0.846. The molecule has 0 aliphatic rings. The van der Waals surface area contributed by atoms with Gasteiger partial charge in [0, 0.05) is 11.6 Å². The molecule has 0 radical (unpaired) electrons. The van der Waals surface area contributed by atoms with E-state index in [1.54, 1.807) is 12.1 Å². The second kappa shape index (κ2) is 5.10. The van der Waals surface area contributed by atoms with Crippen LogP contribution in [-0.2, 0) is 6.54 Å². The van der Waals surface area contributed by atoms with E-state index in [-0.39, 0.29) is 5.82 Å². The highest BCUT2D eigenvalue weighted by atomic mass is 35.5. The minimum Gasteiger partial charge on any atom is -0.380 e. The summed E-state index contributed by atoms with van der Waals surface area (Å²) in [5.41, 5.74) is 1.37. The van der Waals surface area contributed by atoms with Crippen LogP contribution in [0.25, 0.3) is 0 Å². The van der Waals surface area contributed by atoms with Gasteiger partial charge in [-0.05, 0) is 35.9 Å². The lowest BCUT2D eigenvalue weighted by molar-refractivity contribution is 0.584. The number of hydrogen-bond acceptors (Lipinski definition) is 2. The number of halogens is 3. The summed E-state index contributed by atoms with van der Waals surface area (Å²) < 4.78 is 25.6. The zero-order valence-corrected chi connectivity index (χ0v) is 9.51. The molecule has 0 atom stereocenters. The standard InChI is InChI=1S/C12H9ClF2N2/c13-9-3-8(4-10(14)5-9)6-16-11-1-2-12(15)17-7-11/h1-5,7,16H,6H2. The van der Waals surface area contributed by atoms with Gasteiger partial charge < -0.3 is 5.32 Å². The van der Waals surface area contributed by atoms with Gasteiger partial charge in [-0.25, -0.2) is 9.37 Å². The molecule has 2 rings (SSSR count). The predicted octanol–water partition coefficient (Wildman–Crippen LogP) is 3.63. The van der Waals surface area contributed by atoms with Gasteiger partial charge in [-0.3, -0.25) is 0 Å². The molecule has 1 N–H and O–H groups in total. The lowest BCUT2D eigenvalue weighted by Gasteiger charge is -2.06. The summed E-state index contributed by atoms with van der Waals surface area (Å²) in [5, 5.41) is 3.33. The van der Waals surface area contributed by atoms with Crippen LogP contribution in [-0.4, -0.2) is 4.98 Å². The van der Waals surface area contributed by atoms with Crippen LogP contribution in [0.5, 0.6) is 0 Å². The van der Waals surface area contributed by atoms with Crippen LogP contribution >= 0.6 is 11.6 Å². The zero-order valence-electron chi connectivity index (χ0n) is 8.75. The maximum Gasteiger partial charge on any atom is 0.212 e. The smallest absolute Gasteiger partial charge is 0.212 e. The van der Waals surface area contributed by atoms with E-state index in [4.69, 9.17) is 11.6 Å². The minimum atomic E-state index is -0.538. The number of rotatable bonds is 3. The first-order valence-electron chi connectivity index (χ1n) is 4.94. The van der Waals surface area contributed by atoms with Gasteiger partial charge in [0.15, 0.2) is 0 Å². The van der Waals surface area contributed by atoms with Crippen molar-refractivity contribution in [3.05, 3.63) is 58.9 Å². The molecule has 0 aliphatic carbocycles. The van der Waals surface area contributed by atoms with Gasteiger partial charge in [-0.15, -0.1) is 0 Å². The molecule has 1 aromatic carbocycles. The molecular formula is C12H9ClF2N2. The average molecular weight is 255 g/mol. The molecular weight excluding hydrogens is 246 g/mol. The first kappa shape index (κ1) is 11.8. The molecule has 0 saturated carbocycles. The van der Waals surface area contributed by atoms with Gasteiger partial charge in [-0.1, -0.05) is 11.6 Å². The number of aromatic nitrogens is 1. The Kier molecular flexibility index (Phi) is 3.54. The Morgan fingerprint density at radius 1 is 1.18 bits per heavy atom. The molecule has 0 unspecified atom stereocenters. The van der Waals surface area contributed by atoms with Crippen molar-refractivity contribution in [2.45, 2.75) is 6.54 Å². The third-order valence-corrected chi connectivity index (χ3v) is 2.36. The third kappa shape index (κ3) is 3.39. The maximum atomic E-state index is 13.0. The van der Waals surface area contributed by atoms with Gasteiger partial charge in [0.05, 0.1) is 11.9 Å². The van der Waals surface area contributed by atoms with E-state index < -0.39 is 5.95 Å². The molecule has 17 heavy (non-hydrogen) atoms. The van der Waals surface area contributed by atoms with Crippen molar-refractivity contribution in [2.75, 3.05) is 5.32 Å². The molecule has 2 aromatic rings. The second-order valence-electron chi connectivity index (χ2n) is 3.50. The van der Waals surface area contributed by atoms with Crippen molar-refractivity contribution < 1.29 is 8.78 Å². The molecule has 88 valence electrons. The molecule has 0 spiro atoms. The van der Waals surface area contributed by atoms with Crippen LogP contribution in [0, 0.1) is 11.8 Å². The summed E-state index contributed by atoms with van der Waals surface area (Å²) in [6.45, 7) is 0.394. The first-order valence-corrected chi connectivity index (χ1v) is 5.32. The van der Waals surface area contributed by atoms with Crippen molar-refractivity contribution in [3.8, 4) is 0 Å². The van der Waals surface area contributed by atoms with E-state index in [0.717, 1.165) is 0 Å². The van der Waals surface area contributed by atoms with E-state index in [1.165, 1.54) is 24.4 Å². The summed E-state index contributed by atoms with van der Waals surface area (Å²) in [6.07, 6.45) is 1.37. The third-order valence-electron chi connectivity index (χ3n) is 2.15. The Morgan fingerprint density at radius 3 is 2.65 bits per heavy atom. The monoisotopic (exact) mass is 254 g/mol. The highest BCUT2D eigenvalue weighted by molar-refractivity contribution is 6.30. The number of nitrogens with zero attached hydrogens (tertiary/aromatic N) is 1. The molecule has 1 aromatic heterocycles. The number of pyridine rings is 1. The van der Waals surface area contributed by atoms with Crippen molar-refractivity contribution >= 4 is 17.3 Å². The van der Waals surface area contributed by atoms with E-state index in [9.17, 15) is 8.78 Å². The summed E-state index contributed by atoms with van der Waals surface area (Å²) in [7, 11) is 0. The Morgan fingerprint density at radius 2 is 2.00 bits per heavy atom. The predicted molar refractivity (Wildman–Crippen MR) is 62.9 cm³/mol. The fourth-order valence-electron chi connectivity index (χ4n) is 1.40. The van der Waals surface area contributed by atoms with Gasteiger partial charge in [-0.2, -0.15) is 4.39 Å². The second-order valence-corrected chi connectivity index (χ2v) is 3.94. The van der Waals surface area contributed by atoms with Crippen LogP contribution < -0.4 is 5.32 Å². The number of nitrogens with one attached hydrogen (secondary N) is 1. The normalized spacial score (nSPS) is 10.3. The summed E-state index contributed by atoms with van der Waals surface area (Å²) >= 11 is 5.72. The van der Waals surface area contributed by atoms with Crippen molar-refractivity contribution in [3.63, 3.8) is 0 Å². The molecule has 0 aliphatic heterocycles. The van der Waals surface area contributed by atoms with Gasteiger partial charge in [0.25, 0.3) is 0 Å². The molecule has 0 fully saturated rings. The maximum absolute atomic E-state index is 13.0. The lowest BCUT2D eigenvalue weighted by Crippen LogP contribution is -2.00. The molecule has 0 bridgehead atoms. The molecule has 2 nitrogen and oxygen atoms in total. The summed E-state index contributed by atoms with van der Waals surface area (Å²) in [6, 6.07) is 7.10. The van der Waals surface area contributed by atoms with Crippen molar-refractivity contribution in [2.24, 2.45) is 0 Å². The first-order chi connectivity index (χ1) is 8.13.